The highest BCUT2D eigenvalue weighted by atomic mass is 16.5. The fraction of sp³-hybridized carbons (Fsp3) is 0.361. The van der Waals surface area contributed by atoms with Gasteiger partial charge in [-0.2, -0.15) is 0 Å². The van der Waals surface area contributed by atoms with Crippen LogP contribution in [0.4, 0.5) is 11.4 Å². The quantitative estimate of drug-likeness (QED) is 0.115. The third-order valence-electron chi connectivity index (χ3n) is 8.29. The molecule has 7 heteroatoms. The fourth-order valence-electron chi connectivity index (χ4n) is 5.43. The lowest BCUT2D eigenvalue weighted by molar-refractivity contribution is 0.202. The molecule has 43 heavy (non-hydrogen) atoms. The van der Waals surface area contributed by atoms with Crippen LogP contribution in [0.1, 0.15) is 95.1 Å². The molecule has 0 saturated carbocycles. The number of para-hydroxylation sites is 1. The van der Waals surface area contributed by atoms with Gasteiger partial charge in [-0.25, -0.2) is 0 Å². The van der Waals surface area contributed by atoms with Gasteiger partial charge in [0.25, 0.3) is 0 Å². The second kappa shape index (κ2) is 10.8. The number of fused-ring (bicyclic) bond motifs is 2. The summed E-state index contributed by atoms with van der Waals surface area (Å²) in [6.07, 6.45) is 0.620. The molecule has 0 amide bonds. The standard InChI is InChI=1S/C36H43N3O4/c1-34(2,3)22-16-24-31(27(18-22)38-20-21-12-11-14-29(40)30(21)41)43-32-25(36(24,7)8)17-23(35(4,5)6)19-28(32)39-33(42)26-13-9-10-15-37-26/h9-19,33,38-42H,20H2,1-8H3/t33-/m0/s1. The van der Waals surface area contributed by atoms with E-state index in [4.69, 9.17) is 4.74 Å². The number of aliphatic hydroxyl groups is 1. The van der Waals surface area contributed by atoms with Gasteiger partial charge in [-0.15, -0.1) is 0 Å². The van der Waals surface area contributed by atoms with E-state index < -0.39 is 11.6 Å². The Morgan fingerprint density at radius 1 is 0.814 bits per heavy atom. The van der Waals surface area contributed by atoms with Crippen LogP contribution in [0.25, 0.3) is 0 Å². The molecule has 0 radical (unpaired) electrons. The summed E-state index contributed by atoms with van der Waals surface area (Å²) in [5.74, 6) is 1.02. The Morgan fingerprint density at radius 2 is 1.42 bits per heavy atom. The Morgan fingerprint density at radius 3 is 2.00 bits per heavy atom. The van der Waals surface area contributed by atoms with Gasteiger partial charge in [0.15, 0.2) is 29.2 Å². The second-order valence-electron chi connectivity index (χ2n) is 14.0. The van der Waals surface area contributed by atoms with Crippen LogP contribution in [0.15, 0.2) is 66.9 Å². The van der Waals surface area contributed by atoms with Gasteiger partial charge >= 0.3 is 0 Å². The lowest BCUT2D eigenvalue weighted by Crippen LogP contribution is -2.28. The van der Waals surface area contributed by atoms with Crippen LogP contribution in [-0.2, 0) is 22.8 Å². The maximum Gasteiger partial charge on any atom is 0.168 e. The monoisotopic (exact) mass is 581 g/mol. The van der Waals surface area contributed by atoms with Crippen molar-refractivity contribution in [3.8, 4) is 23.0 Å². The summed E-state index contributed by atoms with van der Waals surface area (Å²) in [6, 6.07) is 19.0. The Hall–Kier alpha value is -4.23. The maximum atomic E-state index is 11.1. The summed E-state index contributed by atoms with van der Waals surface area (Å²) in [7, 11) is 0. The van der Waals surface area contributed by atoms with E-state index in [9.17, 15) is 15.3 Å². The van der Waals surface area contributed by atoms with Crippen LogP contribution in [0.2, 0.25) is 0 Å². The van der Waals surface area contributed by atoms with Crippen molar-refractivity contribution < 1.29 is 20.1 Å². The van der Waals surface area contributed by atoms with Crippen molar-refractivity contribution in [1.82, 2.24) is 4.98 Å². The van der Waals surface area contributed by atoms with E-state index in [-0.39, 0.29) is 28.9 Å². The number of hydrogen-bond acceptors (Lipinski definition) is 7. The highest BCUT2D eigenvalue weighted by Crippen LogP contribution is 2.55. The number of pyridine rings is 1. The normalized spacial score (nSPS) is 14.7. The summed E-state index contributed by atoms with van der Waals surface area (Å²) >= 11 is 0. The Labute approximate surface area is 254 Å². The Kier molecular flexibility index (Phi) is 7.59. The van der Waals surface area contributed by atoms with Gasteiger partial charge in [-0.1, -0.05) is 85.7 Å². The zero-order valence-corrected chi connectivity index (χ0v) is 26.3. The van der Waals surface area contributed by atoms with Gasteiger partial charge in [0.2, 0.25) is 0 Å². The number of hydrogen-bond donors (Lipinski definition) is 5. The van der Waals surface area contributed by atoms with Crippen molar-refractivity contribution in [3.05, 3.63) is 100 Å². The molecular weight excluding hydrogens is 538 g/mol. The predicted molar refractivity (Wildman–Crippen MR) is 172 cm³/mol. The van der Waals surface area contributed by atoms with Crippen LogP contribution in [-0.4, -0.2) is 20.3 Å². The lowest BCUT2D eigenvalue weighted by Gasteiger charge is -2.39. The van der Waals surface area contributed by atoms with E-state index >= 15 is 0 Å². The number of phenolic OH excluding ortho intramolecular Hbond substituents is 2. The number of aromatic nitrogens is 1. The molecule has 1 atom stereocenters. The molecule has 1 aliphatic rings. The number of aromatic hydroxyl groups is 2. The molecule has 7 nitrogen and oxygen atoms in total. The van der Waals surface area contributed by atoms with Gasteiger partial charge in [0.05, 0.1) is 17.1 Å². The summed E-state index contributed by atoms with van der Waals surface area (Å²) in [4.78, 5) is 4.33. The topological polar surface area (TPSA) is 107 Å². The van der Waals surface area contributed by atoms with Crippen LogP contribution in [0.5, 0.6) is 23.0 Å². The summed E-state index contributed by atoms with van der Waals surface area (Å²) in [6.45, 7) is 17.8. The molecule has 4 aromatic rings. The molecule has 5 N–H and O–H groups in total. The van der Waals surface area contributed by atoms with Gasteiger partial charge in [0, 0.05) is 34.8 Å². The van der Waals surface area contributed by atoms with Crippen molar-refractivity contribution >= 4 is 11.4 Å². The molecule has 226 valence electrons. The first kappa shape index (κ1) is 30.2. The largest absolute Gasteiger partial charge is 0.504 e. The summed E-state index contributed by atoms with van der Waals surface area (Å²) in [5, 5.41) is 38.4. The molecule has 5 rings (SSSR count). The molecule has 0 aliphatic carbocycles. The van der Waals surface area contributed by atoms with Gasteiger partial charge in [0.1, 0.15) is 0 Å². The first-order valence-corrected chi connectivity index (χ1v) is 14.7. The first-order chi connectivity index (χ1) is 20.1. The zero-order chi connectivity index (χ0) is 31.3. The van der Waals surface area contributed by atoms with Crippen LogP contribution in [0, 0.1) is 0 Å². The highest BCUT2D eigenvalue weighted by molar-refractivity contribution is 5.75. The average Bonchev–Trinajstić information content (AvgIpc) is 2.93. The average molecular weight is 582 g/mol. The number of phenols is 2. The molecule has 1 aromatic heterocycles. The number of rotatable bonds is 6. The van der Waals surface area contributed by atoms with E-state index in [1.807, 2.05) is 18.2 Å². The minimum atomic E-state index is -1.04. The van der Waals surface area contributed by atoms with E-state index in [0.717, 1.165) is 27.9 Å². The van der Waals surface area contributed by atoms with E-state index in [1.54, 1.807) is 24.4 Å². The zero-order valence-electron chi connectivity index (χ0n) is 26.3. The molecule has 0 spiro atoms. The SMILES string of the molecule is CC(C)(C)c1cc(NCc2cccc(O)c2O)c2c(c1)C(C)(C)c1cc(C(C)(C)C)cc(N[C@@H](O)c3ccccn3)c1O2. The van der Waals surface area contributed by atoms with E-state index in [0.29, 0.717) is 28.4 Å². The summed E-state index contributed by atoms with van der Waals surface area (Å²) < 4.78 is 6.82. The first-order valence-electron chi connectivity index (χ1n) is 14.7. The number of anilines is 2. The highest BCUT2D eigenvalue weighted by Gasteiger charge is 2.39. The molecule has 0 saturated heterocycles. The maximum absolute atomic E-state index is 11.1. The minimum absolute atomic E-state index is 0.137. The smallest absolute Gasteiger partial charge is 0.168 e. The molecule has 3 aromatic carbocycles. The number of nitrogens with one attached hydrogen (secondary N) is 2. The fourth-order valence-corrected chi connectivity index (χ4v) is 5.43. The molecular formula is C36H43N3O4. The van der Waals surface area contributed by atoms with Gasteiger partial charge in [-0.3, -0.25) is 4.98 Å². The van der Waals surface area contributed by atoms with Crippen molar-refractivity contribution in [3.63, 3.8) is 0 Å². The van der Waals surface area contributed by atoms with Gasteiger partial charge in [-0.05, 0) is 52.3 Å². The number of aliphatic hydroxyl groups excluding tert-OH is 1. The molecule has 0 unspecified atom stereocenters. The van der Waals surface area contributed by atoms with E-state index in [2.05, 4.69) is 89.2 Å². The van der Waals surface area contributed by atoms with Gasteiger partial charge < -0.3 is 30.7 Å². The lowest BCUT2D eigenvalue weighted by atomic mass is 9.71. The minimum Gasteiger partial charge on any atom is -0.504 e. The number of benzene rings is 3. The van der Waals surface area contributed by atoms with Crippen molar-refractivity contribution in [2.45, 2.75) is 84.4 Å². The van der Waals surface area contributed by atoms with Crippen LogP contribution < -0.4 is 15.4 Å². The number of ether oxygens (including phenoxy) is 1. The van der Waals surface area contributed by atoms with Crippen molar-refractivity contribution in [2.75, 3.05) is 10.6 Å². The summed E-state index contributed by atoms with van der Waals surface area (Å²) in [5.41, 5.74) is 6.11. The number of nitrogens with zero attached hydrogens (tertiary/aromatic N) is 1. The van der Waals surface area contributed by atoms with Crippen LogP contribution in [0.3, 0.4) is 0 Å². The third kappa shape index (κ3) is 5.87. The molecule has 0 bridgehead atoms. The van der Waals surface area contributed by atoms with Crippen molar-refractivity contribution in [2.24, 2.45) is 0 Å². The second-order valence-corrected chi connectivity index (χ2v) is 14.0. The van der Waals surface area contributed by atoms with E-state index in [1.165, 1.54) is 6.07 Å². The Balaban J connectivity index is 1.66. The predicted octanol–water partition coefficient (Wildman–Crippen LogP) is 8.23. The van der Waals surface area contributed by atoms with Crippen molar-refractivity contribution in [1.29, 1.82) is 0 Å². The molecule has 2 heterocycles. The third-order valence-corrected chi connectivity index (χ3v) is 8.29. The van der Waals surface area contributed by atoms with Crippen LogP contribution >= 0.6 is 0 Å². The molecule has 1 aliphatic heterocycles. The Bertz CT molecular complexity index is 1650. The molecule has 0 fully saturated rings.